The van der Waals surface area contributed by atoms with Gasteiger partial charge in [0.05, 0.1) is 5.02 Å². The zero-order chi connectivity index (χ0) is 8.97. The molecule has 0 aliphatic heterocycles. The summed E-state index contributed by atoms with van der Waals surface area (Å²) < 4.78 is 1.06. The van der Waals surface area contributed by atoms with Gasteiger partial charge >= 0.3 is 0 Å². The average molecular weight is 248 g/mol. The molecule has 12 heavy (non-hydrogen) atoms. The number of unbranched alkanes of at least 4 members (excludes halogenated alkanes) is 1. The minimum Gasteiger partial charge on any atom is -0.0831 e. The Bertz CT molecular complexity index is 258. The fourth-order valence-electron chi connectivity index (χ4n) is 1.11. The van der Waals surface area contributed by atoms with Gasteiger partial charge in [-0.2, -0.15) is 0 Å². The van der Waals surface area contributed by atoms with Gasteiger partial charge in [0.2, 0.25) is 0 Å². The lowest BCUT2D eigenvalue weighted by Crippen LogP contribution is -1.86. The van der Waals surface area contributed by atoms with Gasteiger partial charge in [0, 0.05) is 4.47 Å². The van der Waals surface area contributed by atoms with E-state index in [0.717, 1.165) is 15.9 Å². The molecule has 0 saturated heterocycles. The Balaban J connectivity index is 2.78. The van der Waals surface area contributed by atoms with Crippen LogP contribution in [-0.4, -0.2) is 0 Å². The number of aryl methyl sites for hydroxylation is 1. The monoisotopic (exact) mass is 246 g/mol. The molecule has 0 saturated carbocycles. The number of hydrogen-bond acceptors (Lipinski definition) is 0. The SMILES string of the molecule is CCCCc1cccc(Cl)c1Br. The summed E-state index contributed by atoms with van der Waals surface area (Å²) in [6, 6.07) is 6.02. The van der Waals surface area contributed by atoms with Gasteiger partial charge in [0.1, 0.15) is 0 Å². The molecule has 0 aromatic heterocycles. The van der Waals surface area contributed by atoms with Gasteiger partial charge < -0.3 is 0 Å². The second-order valence-electron chi connectivity index (χ2n) is 2.82. The Hall–Kier alpha value is -0.0100. The zero-order valence-corrected chi connectivity index (χ0v) is 9.45. The van der Waals surface area contributed by atoms with Gasteiger partial charge in [0.15, 0.2) is 0 Å². The third kappa shape index (κ3) is 2.49. The van der Waals surface area contributed by atoms with E-state index in [4.69, 9.17) is 11.6 Å². The molecule has 0 heterocycles. The predicted molar refractivity (Wildman–Crippen MR) is 57.8 cm³/mol. The van der Waals surface area contributed by atoms with E-state index in [1.165, 1.54) is 18.4 Å². The van der Waals surface area contributed by atoms with Crippen LogP contribution in [0.2, 0.25) is 5.02 Å². The van der Waals surface area contributed by atoms with Crippen LogP contribution in [0.5, 0.6) is 0 Å². The molecule has 1 aromatic carbocycles. The Labute approximate surface area is 87.1 Å². The number of halogens is 2. The molecule has 0 amide bonds. The summed E-state index contributed by atoms with van der Waals surface area (Å²) in [5.41, 5.74) is 1.31. The summed E-state index contributed by atoms with van der Waals surface area (Å²) in [5.74, 6) is 0. The highest BCUT2D eigenvalue weighted by Gasteiger charge is 2.01. The second-order valence-corrected chi connectivity index (χ2v) is 4.02. The van der Waals surface area contributed by atoms with Crippen molar-refractivity contribution in [3.8, 4) is 0 Å². The summed E-state index contributed by atoms with van der Waals surface area (Å²) in [4.78, 5) is 0. The van der Waals surface area contributed by atoms with Crippen LogP contribution in [0.15, 0.2) is 22.7 Å². The molecule has 0 nitrogen and oxygen atoms in total. The van der Waals surface area contributed by atoms with E-state index in [1.807, 2.05) is 12.1 Å². The molecule has 0 spiro atoms. The van der Waals surface area contributed by atoms with Gasteiger partial charge in [-0.3, -0.25) is 0 Å². The number of rotatable bonds is 3. The third-order valence-corrected chi connectivity index (χ3v) is 3.31. The third-order valence-electron chi connectivity index (χ3n) is 1.83. The quantitative estimate of drug-likeness (QED) is 0.740. The van der Waals surface area contributed by atoms with E-state index in [1.54, 1.807) is 0 Å². The first kappa shape index (κ1) is 10.1. The van der Waals surface area contributed by atoms with Crippen LogP contribution >= 0.6 is 27.5 Å². The minimum atomic E-state index is 0.809. The topological polar surface area (TPSA) is 0 Å². The first-order valence-corrected chi connectivity index (χ1v) is 5.35. The van der Waals surface area contributed by atoms with Crippen LogP contribution in [0, 0.1) is 0 Å². The molecule has 0 N–H and O–H groups in total. The van der Waals surface area contributed by atoms with E-state index in [9.17, 15) is 0 Å². The molecule has 0 aliphatic carbocycles. The smallest absolute Gasteiger partial charge is 0.0550 e. The lowest BCUT2D eigenvalue weighted by atomic mass is 10.1. The van der Waals surface area contributed by atoms with Crippen molar-refractivity contribution in [1.82, 2.24) is 0 Å². The molecule has 1 rings (SSSR count). The number of hydrogen-bond donors (Lipinski definition) is 0. The van der Waals surface area contributed by atoms with Crippen LogP contribution in [0.3, 0.4) is 0 Å². The highest BCUT2D eigenvalue weighted by Crippen LogP contribution is 2.26. The summed E-state index contributed by atoms with van der Waals surface area (Å²) in [6.45, 7) is 2.19. The van der Waals surface area contributed by atoms with Gasteiger partial charge in [0.25, 0.3) is 0 Å². The standard InChI is InChI=1S/C10H12BrCl/c1-2-3-5-8-6-4-7-9(12)10(8)11/h4,6-7H,2-3,5H2,1H3. The van der Waals surface area contributed by atoms with E-state index in [0.29, 0.717) is 0 Å². The predicted octanol–water partition coefficient (Wildman–Crippen LogP) is 4.45. The van der Waals surface area contributed by atoms with Crippen LogP contribution in [-0.2, 0) is 6.42 Å². The van der Waals surface area contributed by atoms with E-state index in [2.05, 4.69) is 28.9 Å². The van der Waals surface area contributed by atoms with Gasteiger partial charge in [-0.15, -0.1) is 0 Å². The highest BCUT2D eigenvalue weighted by molar-refractivity contribution is 9.10. The summed E-state index contributed by atoms with van der Waals surface area (Å²) >= 11 is 9.42. The molecular formula is C10H12BrCl. The van der Waals surface area contributed by atoms with Crippen LogP contribution < -0.4 is 0 Å². The largest absolute Gasteiger partial charge is 0.0831 e. The maximum atomic E-state index is 5.95. The van der Waals surface area contributed by atoms with Crippen LogP contribution in [0.25, 0.3) is 0 Å². The van der Waals surface area contributed by atoms with Gasteiger partial charge in [-0.25, -0.2) is 0 Å². The molecule has 1 aromatic rings. The van der Waals surface area contributed by atoms with Crippen molar-refractivity contribution in [2.75, 3.05) is 0 Å². The Morgan fingerprint density at radius 2 is 2.17 bits per heavy atom. The second kappa shape index (κ2) is 4.88. The molecule has 0 atom stereocenters. The van der Waals surface area contributed by atoms with Crippen molar-refractivity contribution in [2.45, 2.75) is 26.2 Å². The van der Waals surface area contributed by atoms with Gasteiger partial charge in [-0.05, 0) is 40.4 Å². The molecule has 0 bridgehead atoms. The summed E-state index contributed by atoms with van der Waals surface area (Å²) in [6.07, 6.45) is 3.55. The van der Waals surface area contributed by atoms with Crippen molar-refractivity contribution in [3.63, 3.8) is 0 Å². The summed E-state index contributed by atoms with van der Waals surface area (Å²) in [7, 11) is 0. The Kier molecular flexibility index (Phi) is 4.10. The first-order chi connectivity index (χ1) is 5.75. The molecular weight excluding hydrogens is 235 g/mol. The van der Waals surface area contributed by atoms with Crippen molar-refractivity contribution < 1.29 is 0 Å². The molecule has 66 valence electrons. The summed E-state index contributed by atoms with van der Waals surface area (Å²) in [5, 5.41) is 0.809. The van der Waals surface area contributed by atoms with Crippen LogP contribution in [0.1, 0.15) is 25.3 Å². The normalized spacial score (nSPS) is 10.2. The van der Waals surface area contributed by atoms with Crippen molar-refractivity contribution in [1.29, 1.82) is 0 Å². The maximum Gasteiger partial charge on any atom is 0.0550 e. The van der Waals surface area contributed by atoms with Crippen molar-refractivity contribution >= 4 is 27.5 Å². The first-order valence-electron chi connectivity index (χ1n) is 4.18. The highest BCUT2D eigenvalue weighted by atomic mass is 79.9. The average Bonchev–Trinajstić information content (AvgIpc) is 2.08. The van der Waals surface area contributed by atoms with Crippen molar-refractivity contribution in [2.24, 2.45) is 0 Å². The van der Waals surface area contributed by atoms with E-state index < -0.39 is 0 Å². The molecule has 0 radical (unpaired) electrons. The molecule has 0 aliphatic rings. The minimum absolute atomic E-state index is 0.809. The van der Waals surface area contributed by atoms with Crippen molar-refractivity contribution in [3.05, 3.63) is 33.3 Å². The van der Waals surface area contributed by atoms with Gasteiger partial charge in [-0.1, -0.05) is 37.1 Å². The lowest BCUT2D eigenvalue weighted by Gasteiger charge is -2.04. The van der Waals surface area contributed by atoms with Crippen LogP contribution in [0.4, 0.5) is 0 Å². The number of benzene rings is 1. The zero-order valence-electron chi connectivity index (χ0n) is 7.11. The maximum absolute atomic E-state index is 5.95. The van der Waals surface area contributed by atoms with E-state index in [-0.39, 0.29) is 0 Å². The Morgan fingerprint density at radius 3 is 2.83 bits per heavy atom. The Morgan fingerprint density at radius 1 is 1.42 bits per heavy atom. The molecule has 2 heteroatoms. The lowest BCUT2D eigenvalue weighted by molar-refractivity contribution is 0.793. The van der Waals surface area contributed by atoms with E-state index >= 15 is 0 Å². The molecule has 0 unspecified atom stereocenters. The fraction of sp³-hybridized carbons (Fsp3) is 0.400. The fourth-order valence-corrected chi connectivity index (χ4v) is 1.77. The molecule has 0 fully saturated rings.